The number of nitrogens with one attached hydrogen (secondary N) is 1. The normalized spacial score (nSPS) is 15.5. The number of rotatable bonds is 6. The van der Waals surface area contributed by atoms with Gasteiger partial charge in [-0.05, 0) is 19.9 Å². The highest BCUT2D eigenvalue weighted by Gasteiger charge is 2.30. The summed E-state index contributed by atoms with van der Waals surface area (Å²) in [6.45, 7) is 5.13. The van der Waals surface area contributed by atoms with Gasteiger partial charge in [0, 0.05) is 25.6 Å². The van der Waals surface area contributed by atoms with Gasteiger partial charge in [0.05, 0.1) is 0 Å². The van der Waals surface area contributed by atoms with Gasteiger partial charge in [0.1, 0.15) is 0 Å². The molecule has 0 bridgehead atoms. The topological polar surface area (TPSA) is 32.3 Å². The molecule has 3 nitrogen and oxygen atoms in total. The van der Waals surface area contributed by atoms with Gasteiger partial charge >= 0.3 is 0 Å². The first-order valence-corrected chi connectivity index (χ1v) is 4.84. The van der Waals surface area contributed by atoms with E-state index in [0.29, 0.717) is 19.0 Å². The zero-order valence-corrected chi connectivity index (χ0v) is 8.25. The third-order valence-corrected chi connectivity index (χ3v) is 2.22. The van der Waals surface area contributed by atoms with Crippen LogP contribution in [0.1, 0.15) is 19.3 Å². The Hall–Kier alpha value is -0.830. The molecule has 1 fully saturated rings. The van der Waals surface area contributed by atoms with Gasteiger partial charge in [-0.2, -0.15) is 0 Å². The second-order valence-electron chi connectivity index (χ2n) is 3.42. The molecule has 1 aliphatic rings. The van der Waals surface area contributed by atoms with Gasteiger partial charge in [-0.3, -0.25) is 4.79 Å². The summed E-state index contributed by atoms with van der Waals surface area (Å²) in [7, 11) is 1.86. The molecular formula is C10H18N2O. The summed E-state index contributed by atoms with van der Waals surface area (Å²) < 4.78 is 0. The summed E-state index contributed by atoms with van der Waals surface area (Å²) in [5.41, 5.74) is 0. The Bertz CT molecular complexity index is 187. The minimum Gasteiger partial charge on any atom is -0.336 e. The third kappa shape index (κ3) is 3.19. The Balaban J connectivity index is 2.33. The van der Waals surface area contributed by atoms with Crippen molar-refractivity contribution in [1.82, 2.24) is 10.2 Å². The van der Waals surface area contributed by atoms with E-state index in [4.69, 9.17) is 0 Å². The Morgan fingerprint density at radius 3 is 2.85 bits per heavy atom. The van der Waals surface area contributed by atoms with E-state index in [1.54, 1.807) is 6.08 Å². The lowest BCUT2D eigenvalue weighted by Gasteiger charge is -2.20. The molecule has 1 N–H and O–H groups in total. The maximum absolute atomic E-state index is 11.6. The Labute approximate surface area is 79.8 Å². The van der Waals surface area contributed by atoms with E-state index in [-0.39, 0.29) is 5.91 Å². The minimum atomic E-state index is 0.247. The molecule has 0 unspecified atom stereocenters. The first-order chi connectivity index (χ1) is 6.29. The molecule has 0 saturated heterocycles. The standard InChI is InChI=1S/C10H18N2O/c1-3-8-12(9-4-5-9)10(13)6-7-11-2/h3,9,11H,1,4-8H2,2H3. The van der Waals surface area contributed by atoms with E-state index in [9.17, 15) is 4.79 Å². The highest BCUT2D eigenvalue weighted by molar-refractivity contribution is 5.77. The van der Waals surface area contributed by atoms with Crippen LogP contribution in [0.25, 0.3) is 0 Å². The van der Waals surface area contributed by atoms with Gasteiger partial charge in [0.2, 0.25) is 5.91 Å². The van der Waals surface area contributed by atoms with Crippen molar-refractivity contribution in [3.8, 4) is 0 Å². The van der Waals surface area contributed by atoms with Crippen LogP contribution in [-0.2, 0) is 4.79 Å². The van der Waals surface area contributed by atoms with Crippen LogP contribution in [0, 0.1) is 0 Å². The largest absolute Gasteiger partial charge is 0.336 e. The fraction of sp³-hybridized carbons (Fsp3) is 0.700. The van der Waals surface area contributed by atoms with Crippen molar-refractivity contribution < 1.29 is 4.79 Å². The lowest BCUT2D eigenvalue weighted by atomic mass is 10.3. The highest BCUT2D eigenvalue weighted by atomic mass is 16.2. The summed E-state index contributed by atoms with van der Waals surface area (Å²) in [5, 5.41) is 2.98. The van der Waals surface area contributed by atoms with Crippen molar-refractivity contribution in [1.29, 1.82) is 0 Å². The van der Waals surface area contributed by atoms with E-state index in [2.05, 4.69) is 11.9 Å². The SMILES string of the molecule is C=CCN(C(=O)CCNC)C1CC1. The van der Waals surface area contributed by atoms with Crippen LogP contribution < -0.4 is 5.32 Å². The molecule has 1 amide bonds. The second kappa shape index (κ2) is 5.02. The lowest BCUT2D eigenvalue weighted by molar-refractivity contribution is -0.131. The first-order valence-electron chi connectivity index (χ1n) is 4.84. The summed E-state index contributed by atoms with van der Waals surface area (Å²) in [4.78, 5) is 13.5. The number of carbonyl (C=O) groups is 1. The van der Waals surface area contributed by atoms with Gasteiger partial charge < -0.3 is 10.2 Å². The van der Waals surface area contributed by atoms with E-state index in [1.807, 2.05) is 11.9 Å². The van der Waals surface area contributed by atoms with E-state index in [0.717, 1.165) is 6.54 Å². The predicted octanol–water partition coefficient (Wildman–Crippen LogP) is 0.773. The molecule has 74 valence electrons. The van der Waals surface area contributed by atoms with Crippen molar-refractivity contribution in [2.45, 2.75) is 25.3 Å². The van der Waals surface area contributed by atoms with Crippen LogP contribution >= 0.6 is 0 Å². The van der Waals surface area contributed by atoms with Crippen LogP contribution in [-0.4, -0.2) is 37.0 Å². The summed E-state index contributed by atoms with van der Waals surface area (Å²) in [6.07, 6.45) is 4.73. The molecule has 0 atom stereocenters. The molecule has 0 spiro atoms. The van der Waals surface area contributed by atoms with Crippen molar-refractivity contribution >= 4 is 5.91 Å². The van der Waals surface area contributed by atoms with Crippen molar-refractivity contribution in [2.75, 3.05) is 20.1 Å². The fourth-order valence-corrected chi connectivity index (χ4v) is 1.36. The zero-order chi connectivity index (χ0) is 9.68. The number of hydrogen-bond acceptors (Lipinski definition) is 2. The summed E-state index contributed by atoms with van der Waals surface area (Å²) in [5.74, 6) is 0.247. The maximum atomic E-state index is 11.6. The summed E-state index contributed by atoms with van der Waals surface area (Å²) >= 11 is 0. The van der Waals surface area contributed by atoms with Crippen molar-refractivity contribution in [3.05, 3.63) is 12.7 Å². The molecule has 1 saturated carbocycles. The molecule has 0 aromatic carbocycles. The average molecular weight is 182 g/mol. The van der Waals surface area contributed by atoms with E-state index in [1.165, 1.54) is 12.8 Å². The molecule has 0 aromatic rings. The van der Waals surface area contributed by atoms with Gasteiger partial charge in [0.25, 0.3) is 0 Å². The Morgan fingerprint density at radius 1 is 1.69 bits per heavy atom. The smallest absolute Gasteiger partial charge is 0.224 e. The quantitative estimate of drug-likeness (QED) is 0.615. The lowest BCUT2D eigenvalue weighted by Crippen LogP contribution is -2.34. The number of hydrogen-bond donors (Lipinski definition) is 1. The van der Waals surface area contributed by atoms with Gasteiger partial charge in [-0.15, -0.1) is 6.58 Å². The Kier molecular flexibility index (Phi) is 3.96. The van der Waals surface area contributed by atoms with Crippen LogP contribution in [0.15, 0.2) is 12.7 Å². The molecule has 0 heterocycles. The molecule has 0 aromatic heterocycles. The molecule has 3 heteroatoms. The average Bonchev–Trinajstić information content (AvgIpc) is 2.93. The molecule has 1 rings (SSSR count). The molecule has 0 aliphatic heterocycles. The highest BCUT2D eigenvalue weighted by Crippen LogP contribution is 2.26. The van der Waals surface area contributed by atoms with E-state index < -0.39 is 0 Å². The zero-order valence-electron chi connectivity index (χ0n) is 8.25. The monoisotopic (exact) mass is 182 g/mol. The second-order valence-corrected chi connectivity index (χ2v) is 3.42. The number of nitrogens with zero attached hydrogens (tertiary/aromatic N) is 1. The van der Waals surface area contributed by atoms with Crippen LogP contribution in [0.5, 0.6) is 0 Å². The maximum Gasteiger partial charge on any atom is 0.224 e. The first kappa shape index (κ1) is 10.3. The van der Waals surface area contributed by atoms with Crippen LogP contribution in [0.3, 0.4) is 0 Å². The fourth-order valence-electron chi connectivity index (χ4n) is 1.36. The third-order valence-electron chi connectivity index (χ3n) is 2.22. The summed E-state index contributed by atoms with van der Waals surface area (Å²) in [6, 6.07) is 0.502. The predicted molar refractivity (Wildman–Crippen MR) is 53.5 cm³/mol. The minimum absolute atomic E-state index is 0.247. The van der Waals surface area contributed by atoms with Crippen molar-refractivity contribution in [2.24, 2.45) is 0 Å². The molecule has 13 heavy (non-hydrogen) atoms. The van der Waals surface area contributed by atoms with Gasteiger partial charge in [-0.1, -0.05) is 6.08 Å². The number of amides is 1. The van der Waals surface area contributed by atoms with Crippen molar-refractivity contribution in [3.63, 3.8) is 0 Å². The van der Waals surface area contributed by atoms with Gasteiger partial charge in [-0.25, -0.2) is 0 Å². The number of carbonyl (C=O) groups excluding carboxylic acids is 1. The van der Waals surface area contributed by atoms with Gasteiger partial charge in [0.15, 0.2) is 0 Å². The van der Waals surface area contributed by atoms with Crippen LogP contribution in [0.4, 0.5) is 0 Å². The van der Waals surface area contributed by atoms with Crippen LogP contribution in [0.2, 0.25) is 0 Å². The van der Waals surface area contributed by atoms with E-state index >= 15 is 0 Å². The Morgan fingerprint density at radius 2 is 2.38 bits per heavy atom. The molecule has 0 radical (unpaired) electrons. The molecular weight excluding hydrogens is 164 g/mol. The molecule has 1 aliphatic carbocycles.